The van der Waals surface area contributed by atoms with Crippen molar-refractivity contribution in [2.24, 2.45) is 0 Å². The van der Waals surface area contributed by atoms with Crippen molar-refractivity contribution < 1.29 is 23.7 Å². The molecule has 1 aliphatic heterocycles. The summed E-state index contributed by atoms with van der Waals surface area (Å²) >= 11 is 3.05. The summed E-state index contributed by atoms with van der Waals surface area (Å²) in [6, 6.07) is 6.15. The fraction of sp³-hybridized carbons (Fsp3) is 0.412. The maximum absolute atomic E-state index is 13.7. The van der Waals surface area contributed by atoms with Crippen LogP contribution in [0.4, 0.5) is 4.39 Å². The van der Waals surface area contributed by atoms with Gasteiger partial charge in [0, 0.05) is 18.9 Å². The number of hydrogen-bond donors (Lipinski definition) is 2. The maximum Gasteiger partial charge on any atom is 0.328 e. The molecule has 0 aliphatic carbocycles. The number of aromatic nitrogens is 2. The smallest absolute Gasteiger partial charge is 0.328 e. The van der Waals surface area contributed by atoms with Crippen molar-refractivity contribution in [3.05, 3.63) is 67.2 Å². The fourth-order valence-corrected chi connectivity index (χ4v) is 3.18. The lowest BCUT2D eigenvalue weighted by atomic mass is 10.1. The van der Waals surface area contributed by atoms with Gasteiger partial charge in [-0.2, -0.15) is 0 Å². The first kappa shape index (κ1) is 19.9. The van der Waals surface area contributed by atoms with Crippen LogP contribution >= 0.6 is 15.9 Å². The summed E-state index contributed by atoms with van der Waals surface area (Å²) in [5.41, 5.74) is -0.850. The highest BCUT2D eigenvalue weighted by Crippen LogP contribution is 2.26. The summed E-state index contributed by atoms with van der Waals surface area (Å²) in [5.74, 6) is -0.416. The second kappa shape index (κ2) is 8.44. The van der Waals surface area contributed by atoms with Gasteiger partial charge in [-0.3, -0.25) is 14.3 Å². The number of methoxy groups -OCH3 is 1. The van der Waals surface area contributed by atoms with Crippen molar-refractivity contribution >= 4 is 15.9 Å². The van der Waals surface area contributed by atoms with E-state index in [-0.39, 0.29) is 17.6 Å². The summed E-state index contributed by atoms with van der Waals surface area (Å²) in [5, 5.41) is 10.6. The number of halogens is 2. The zero-order chi connectivity index (χ0) is 19.6. The van der Waals surface area contributed by atoms with E-state index in [1.54, 1.807) is 18.2 Å². The Morgan fingerprint density at radius 3 is 2.81 bits per heavy atom. The van der Waals surface area contributed by atoms with E-state index in [1.807, 2.05) is 0 Å². The molecular weight excluding hydrogens is 427 g/mol. The predicted octanol–water partition coefficient (Wildman–Crippen LogP) is 0.756. The number of nitrogens with one attached hydrogen (secondary N) is 1. The molecule has 0 saturated carbocycles. The van der Waals surface area contributed by atoms with Gasteiger partial charge in [0.1, 0.15) is 24.1 Å². The average Bonchev–Trinajstić information content (AvgIpc) is 2.94. The Morgan fingerprint density at radius 2 is 2.11 bits per heavy atom. The Balaban J connectivity index is 1.72. The van der Waals surface area contributed by atoms with Crippen LogP contribution in [0.25, 0.3) is 0 Å². The van der Waals surface area contributed by atoms with Crippen LogP contribution < -0.4 is 11.2 Å². The molecule has 8 nitrogen and oxygen atoms in total. The number of aliphatic hydroxyl groups excluding tert-OH is 1. The number of benzene rings is 1. The summed E-state index contributed by atoms with van der Waals surface area (Å²) in [7, 11) is 1.39. The molecule has 0 bridgehead atoms. The molecule has 0 radical (unpaired) electrons. The lowest BCUT2D eigenvalue weighted by molar-refractivity contribution is -0.166. The topological polar surface area (TPSA) is 103 Å². The van der Waals surface area contributed by atoms with Gasteiger partial charge in [-0.05, 0) is 22.0 Å². The number of hydrogen-bond acceptors (Lipinski definition) is 6. The van der Waals surface area contributed by atoms with Crippen LogP contribution in [-0.2, 0) is 27.4 Å². The number of nitrogens with zero attached hydrogens (tertiary/aromatic N) is 1. The molecule has 2 N–H and O–H groups in total. The number of aromatic amines is 1. The summed E-state index contributed by atoms with van der Waals surface area (Å²) in [6.07, 6.45) is -2.40. The number of aliphatic hydroxyl groups is 1. The second-order valence-corrected chi connectivity index (χ2v) is 6.88. The molecule has 1 saturated heterocycles. The van der Waals surface area contributed by atoms with Crippen molar-refractivity contribution in [1.82, 2.24) is 9.55 Å². The van der Waals surface area contributed by atoms with E-state index >= 15 is 0 Å². The van der Waals surface area contributed by atoms with Crippen molar-refractivity contribution in [1.29, 1.82) is 0 Å². The highest BCUT2D eigenvalue weighted by Gasteiger charge is 2.45. The van der Waals surface area contributed by atoms with E-state index < -0.39 is 41.7 Å². The Morgan fingerprint density at radius 1 is 1.37 bits per heavy atom. The van der Waals surface area contributed by atoms with Crippen molar-refractivity contribution in [2.45, 2.75) is 37.8 Å². The van der Waals surface area contributed by atoms with E-state index in [1.165, 1.54) is 23.9 Å². The zero-order valence-corrected chi connectivity index (χ0v) is 15.9. The Kier molecular flexibility index (Phi) is 6.22. The molecule has 0 amide bonds. The van der Waals surface area contributed by atoms with E-state index in [9.17, 15) is 19.1 Å². The SMILES string of the molecule is CO[C@H]1O[C@H](Cn2cc(Br)c(=O)[nH]c2=O)[C@H](O)[C@H]1OCc1ccccc1F. The summed E-state index contributed by atoms with van der Waals surface area (Å²) < 4.78 is 31.6. The highest BCUT2D eigenvalue weighted by atomic mass is 79.9. The van der Waals surface area contributed by atoms with Gasteiger partial charge >= 0.3 is 5.69 Å². The van der Waals surface area contributed by atoms with Gasteiger partial charge in [0.15, 0.2) is 6.29 Å². The normalized spacial score (nSPS) is 25.0. The molecule has 1 fully saturated rings. The lowest BCUT2D eigenvalue weighted by Gasteiger charge is -2.20. The van der Waals surface area contributed by atoms with Gasteiger partial charge < -0.3 is 19.3 Å². The summed E-state index contributed by atoms with van der Waals surface area (Å²) in [6.45, 7) is -0.108. The minimum Gasteiger partial charge on any atom is -0.387 e. The molecular formula is C17H18BrFN2O6. The van der Waals surface area contributed by atoms with Gasteiger partial charge in [0.05, 0.1) is 17.6 Å². The van der Waals surface area contributed by atoms with Gasteiger partial charge in [0.2, 0.25) is 0 Å². The Labute approximate surface area is 161 Å². The Bertz CT molecular complexity index is 917. The van der Waals surface area contributed by atoms with Crippen molar-refractivity contribution in [3.8, 4) is 0 Å². The standard InChI is InChI=1S/C17H18BrFN2O6/c1-25-16-14(26-8-9-4-2-3-5-11(9)19)13(22)12(27-16)7-21-6-10(18)15(23)20-17(21)24/h2-6,12-14,16,22H,7-8H2,1H3,(H,20,23,24)/t12-,13+,14-,16+/m1/s1. The van der Waals surface area contributed by atoms with Crippen molar-refractivity contribution in [2.75, 3.05) is 7.11 Å². The van der Waals surface area contributed by atoms with E-state index in [2.05, 4.69) is 20.9 Å². The molecule has 146 valence electrons. The van der Waals surface area contributed by atoms with Crippen LogP contribution in [0.5, 0.6) is 0 Å². The van der Waals surface area contributed by atoms with Gasteiger partial charge in [0.25, 0.3) is 5.56 Å². The molecule has 10 heteroatoms. The molecule has 1 aliphatic rings. The molecule has 4 atom stereocenters. The summed E-state index contributed by atoms with van der Waals surface area (Å²) in [4.78, 5) is 25.5. The lowest BCUT2D eigenvalue weighted by Crippen LogP contribution is -2.39. The first-order chi connectivity index (χ1) is 12.9. The van der Waals surface area contributed by atoms with E-state index in [0.29, 0.717) is 5.56 Å². The number of H-pyrrole nitrogens is 1. The quantitative estimate of drug-likeness (QED) is 0.681. The molecule has 27 heavy (non-hydrogen) atoms. The van der Waals surface area contributed by atoms with Crippen LogP contribution in [0.1, 0.15) is 5.56 Å². The van der Waals surface area contributed by atoms with E-state index in [4.69, 9.17) is 14.2 Å². The molecule has 2 aromatic rings. The second-order valence-electron chi connectivity index (χ2n) is 6.02. The number of rotatable bonds is 6. The van der Waals surface area contributed by atoms with Crippen LogP contribution in [0.2, 0.25) is 0 Å². The molecule has 2 heterocycles. The third-order valence-electron chi connectivity index (χ3n) is 4.26. The third-order valence-corrected chi connectivity index (χ3v) is 4.83. The third kappa shape index (κ3) is 4.36. The highest BCUT2D eigenvalue weighted by molar-refractivity contribution is 9.10. The van der Waals surface area contributed by atoms with Crippen molar-refractivity contribution in [3.63, 3.8) is 0 Å². The van der Waals surface area contributed by atoms with Gasteiger partial charge in [-0.1, -0.05) is 18.2 Å². The zero-order valence-electron chi connectivity index (χ0n) is 14.3. The molecule has 1 aromatic carbocycles. The maximum atomic E-state index is 13.7. The monoisotopic (exact) mass is 444 g/mol. The Hall–Kier alpha value is -1.85. The predicted molar refractivity (Wildman–Crippen MR) is 95.7 cm³/mol. The molecule has 0 unspecified atom stereocenters. The number of ether oxygens (including phenoxy) is 3. The average molecular weight is 445 g/mol. The van der Waals surface area contributed by atoms with Crippen LogP contribution in [0.3, 0.4) is 0 Å². The molecule has 1 aromatic heterocycles. The largest absolute Gasteiger partial charge is 0.387 e. The molecule has 3 rings (SSSR count). The van der Waals surface area contributed by atoms with Crippen LogP contribution in [0, 0.1) is 5.82 Å². The minimum absolute atomic E-state index is 0.0329. The van der Waals surface area contributed by atoms with Gasteiger partial charge in [-0.25, -0.2) is 9.18 Å². The molecule has 0 spiro atoms. The first-order valence-electron chi connectivity index (χ1n) is 8.11. The minimum atomic E-state index is -1.13. The van der Waals surface area contributed by atoms with Crippen LogP contribution in [0.15, 0.2) is 44.5 Å². The fourth-order valence-electron chi connectivity index (χ4n) is 2.83. The van der Waals surface area contributed by atoms with Crippen LogP contribution in [-0.4, -0.2) is 46.4 Å². The van der Waals surface area contributed by atoms with Gasteiger partial charge in [-0.15, -0.1) is 0 Å². The van der Waals surface area contributed by atoms with E-state index in [0.717, 1.165) is 0 Å². The first-order valence-corrected chi connectivity index (χ1v) is 8.90.